The molecule has 0 bridgehead atoms. The molecular weight excluding hydrogens is 324 g/mol. The summed E-state index contributed by atoms with van der Waals surface area (Å²) in [5, 5.41) is 5.01. The average molecular weight is 341 g/mol. The van der Waals surface area contributed by atoms with Crippen LogP contribution in [0.1, 0.15) is 28.4 Å². The summed E-state index contributed by atoms with van der Waals surface area (Å²) in [5.41, 5.74) is 6.71. The first-order chi connectivity index (χ1) is 10.2. The van der Waals surface area contributed by atoms with Gasteiger partial charge in [0.25, 0.3) is 0 Å². The number of hydrogen-bond donors (Lipinski definition) is 2. The van der Waals surface area contributed by atoms with Crippen LogP contribution in [0.3, 0.4) is 0 Å². The zero-order valence-corrected chi connectivity index (χ0v) is 13.5. The van der Waals surface area contributed by atoms with Gasteiger partial charge in [0.2, 0.25) is 0 Å². The van der Waals surface area contributed by atoms with Crippen LogP contribution in [0.4, 0.5) is 0 Å². The van der Waals surface area contributed by atoms with Crippen LogP contribution >= 0.6 is 15.9 Å². The fourth-order valence-electron chi connectivity index (χ4n) is 3.38. The van der Waals surface area contributed by atoms with Crippen molar-refractivity contribution < 1.29 is 0 Å². The van der Waals surface area contributed by atoms with E-state index >= 15 is 0 Å². The summed E-state index contributed by atoms with van der Waals surface area (Å²) in [7, 11) is 0. The number of H-pyrrole nitrogens is 1. The molecule has 2 heterocycles. The van der Waals surface area contributed by atoms with Gasteiger partial charge in [0.1, 0.15) is 0 Å². The van der Waals surface area contributed by atoms with Gasteiger partial charge in [0, 0.05) is 27.6 Å². The molecule has 4 rings (SSSR count). The minimum atomic E-state index is 0.265. The van der Waals surface area contributed by atoms with Gasteiger partial charge in [0.05, 0.1) is 6.04 Å². The van der Waals surface area contributed by atoms with Crippen LogP contribution in [0.2, 0.25) is 0 Å². The van der Waals surface area contributed by atoms with Crippen molar-refractivity contribution in [3.05, 3.63) is 69.3 Å². The Morgan fingerprint density at radius 3 is 2.86 bits per heavy atom. The van der Waals surface area contributed by atoms with E-state index < -0.39 is 0 Å². The van der Waals surface area contributed by atoms with Gasteiger partial charge in [-0.15, -0.1) is 0 Å². The van der Waals surface area contributed by atoms with Gasteiger partial charge >= 0.3 is 0 Å². The van der Waals surface area contributed by atoms with Crippen molar-refractivity contribution >= 4 is 26.8 Å². The zero-order chi connectivity index (χ0) is 14.4. The van der Waals surface area contributed by atoms with Crippen molar-refractivity contribution in [3.63, 3.8) is 0 Å². The Morgan fingerprint density at radius 1 is 1.14 bits per heavy atom. The summed E-state index contributed by atoms with van der Waals surface area (Å²) in [6.45, 7) is 3.20. The topological polar surface area (TPSA) is 27.8 Å². The molecule has 2 N–H and O–H groups in total. The number of halogens is 1. The molecule has 1 aliphatic heterocycles. The van der Waals surface area contributed by atoms with Crippen LogP contribution in [0, 0.1) is 6.92 Å². The van der Waals surface area contributed by atoms with Gasteiger partial charge in [-0.25, -0.2) is 0 Å². The standard InChI is InChI=1S/C18H17BrN2/c1-11-4-2-3-5-13(11)17-18-14(8-9-20-17)15-10-12(19)6-7-16(15)21-18/h2-7,10,17,20-21H,8-9H2,1H3. The summed E-state index contributed by atoms with van der Waals surface area (Å²) >= 11 is 3.59. The fourth-order valence-corrected chi connectivity index (χ4v) is 3.74. The van der Waals surface area contributed by atoms with E-state index in [1.165, 1.54) is 33.3 Å². The quantitative estimate of drug-likeness (QED) is 0.671. The van der Waals surface area contributed by atoms with E-state index in [-0.39, 0.29) is 6.04 Å². The highest BCUT2D eigenvalue weighted by molar-refractivity contribution is 9.10. The van der Waals surface area contributed by atoms with E-state index in [1.54, 1.807) is 0 Å². The monoisotopic (exact) mass is 340 g/mol. The summed E-state index contributed by atoms with van der Waals surface area (Å²) in [5.74, 6) is 0. The molecule has 0 saturated heterocycles. The molecule has 3 heteroatoms. The van der Waals surface area contributed by atoms with Crippen molar-refractivity contribution in [1.29, 1.82) is 0 Å². The molecule has 0 amide bonds. The summed E-state index contributed by atoms with van der Waals surface area (Å²) in [6.07, 6.45) is 1.08. The SMILES string of the molecule is Cc1ccccc1C1NCCc2c1[nH]c1ccc(Br)cc21. The Morgan fingerprint density at radius 2 is 2.00 bits per heavy atom. The average Bonchev–Trinajstić information content (AvgIpc) is 2.86. The number of benzene rings is 2. The van der Waals surface area contributed by atoms with Crippen LogP contribution in [0.15, 0.2) is 46.9 Å². The van der Waals surface area contributed by atoms with Crippen molar-refractivity contribution in [2.45, 2.75) is 19.4 Å². The van der Waals surface area contributed by atoms with Crippen LogP contribution in [-0.2, 0) is 6.42 Å². The first-order valence-electron chi connectivity index (χ1n) is 7.33. The molecule has 106 valence electrons. The number of aryl methyl sites for hydroxylation is 1. The third kappa shape index (κ3) is 2.12. The lowest BCUT2D eigenvalue weighted by Gasteiger charge is -2.26. The second-order valence-corrected chi connectivity index (χ2v) is 6.62. The predicted molar refractivity (Wildman–Crippen MR) is 90.7 cm³/mol. The Bertz CT molecular complexity index is 819. The molecule has 1 aliphatic rings. The second-order valence-electron chi connectivity index (χ2n) is 5.70. The van der Waals surface area contributed by atoms with E-state index in [4.69, 9.17) is 0 Å². The number of rotatable bonds is 1. The van der Waals surface area contributed by atoms with Crippen LogP contribution < -0.4 is 5.32 Å². The number of hydrogen-bond acceptors (Lipinski definition) is 1. The normalized spacial score (nSPS) is 17.9. The highest BCUT2D eigenvalue weighted by Crippen LogP contribution is 2.35. The molecule has 1 unspecified atom stereocenters. The molecule has 3 aromatic rings. The van der Waals surface area contributed by atoms with Crippen LogP contribution in [-0.4, -0.2) is 11.5 Å². The molecule has 21 heavy (non-hydrogen) atoms. The smallest absolute Gasteiger partial charge is 0.0734 e. The molecule has 1 aromatic heterocycles. The molecule has 2 nitrogen and oxygen atoms in total. The van der Waals surface area contributed by atoms with Gasteiger partial charge in [-0.05, 0) is 48.2 Å². The van der Waals surface area contributed by atoms with Gasteiger partial charge in [-0.2, -0.15) is 0 Å². The molecule has 0 saturated carbocycles. The van der Waals surface area contributed by atoms with Crippen molar-refractivity contribution in [2.75, 3.05) is 6.54 Å². The van der Waals surface area contributed by atoms with Gasteiger partial charge in [-0.3, -0.25) is 0 Å². The van der Waals surface area contributed by atoms with E-state index in [0.29, 0.717) is 0 Å². The van der Waals surface area contributed by atoms with Crippen molar-refractivity contribution in [1.82, 2.24) is 10.3 Å². The van der Waals surface area contributed by atoms with Crippen LogP contribution in [0.5, 0.6) is 0 Å². The largest absolute Gasteiger partial charge is 0.357 e. The van der Waals surface area contributed by atoms with E-state index in [0.717, 1.165) is 17.4 Å². The molecule has 0 aliphatic carbocycles. The fraction of sp³-hybridized carbons (Fsp3) is 0.222. The summed E-state index contributed by atoms with van der Waals surface area (Å²) < 4.78 is 1.14. The maximum atomic E-state index is 3.67. The minimum Gasteiger partial charge on any atom is -0.357 e. The molecule has 0 spiro atoms. The highest BCUT2D eigenvalue weighted by Gasteiger charge is 2.25. The number of aromatic amines is 1. The first-order valence-corrected chi connectivity index (χ1v) is 8.12. The van der Waals surface area contributed by atoms with Crippen molar-refractivity contribution in [2.24, 2.45) is 0 Å². The summed E-state index contributed by atoms with van der Waals surface area (Å²) in [4.78, 5) is 3.64. The molecule has 2 aromatic carbocycles. The maximum Gasteiger partial charge on any atom is 0.0734 e. The van der Waals surface area contributed by atoms with E-state index in [1.807, 2.05) is 0 Å². The summed E-state index contributed by atoms with van der Waals surface area (Å²) in [6, 6.07) is 15.4. The van der Waals surface area contributed by atoms with Gasteiger partial charge in [0.15, 0.2) is 0 Å². The molecule has 0 fully saturated rings. The van der Waals surface area contributed by atoms with Gasteiger partial charge < -0.3 is 10.3 Å². The minimum absolute atomic E-state index is 0.265. The Balaban J connectivity index is 1.92. The molecular formula is C18H17BrN2. The van der Waals surface area contributed by atoms with Gasteiger partial charge in [-0.1, -0.05) is 40.2 Å². The lowest BCUT2D eigenvalue weighted by molar-refractivity contribution is 0.558. The maximum absolute atomic E-state index is 3.67. The Kier molecular flexibility index (Phi) is 3.12. The predicted octanol–water partition coefficient (Wildman–Crippen LogP) is 4.47. The number of aromatic nitrogens is 1. The number of nitrogens with one attached hydrogen (secondary N) is 2. The molecule has 0 radical (unpaired) electrons. The van der Waals surface area contributed by atoms with E-state index in [2.05, 4.69) is 75.6 Å². The lowest BCUT2D eigenvalue weighted by atomic mass is 9.92. The second kappa shape index (κ2) is 5.00. The third-order valence-corrected chi connectivity index (χ3v) is 4.91. The first kappa shape index (κ1) is 13.1. The third-order valence-electron chi connectivity index (χ3n) is 4.41. The zero-order valence-electron chi connectivity index (χ0n) is 11.9. The lowest BCUT2D eigenvalue weighted by Crippen LogP contribution is -2.30. The van der Waals surface area contributed by atoms with Crippen LogP contribution in [0.25, 0.3) is 10.9 Å². The van der Waals surface area contributed by atoms with Crippen molar-refractivity contribution in [3.8, 4) is 0 Å². The number of fused-ring (bicyclic) bond motifs is 3. The molecule has 1 atom stereocenters. The Labute approximate surface area is 132 Å². The highest BCUT2D eigenvalue weighted by atomic mass is 79.9. The Hall–Kier alpha value is -1.58. The van der Waals surface area contributed by atoms with E-state index in [9.17, 15) is 0 Å².